The predicted octanol–water partition coefficient (Wildman–Crippen LogP) is 3.53. The lowest BCUT2D eigenvalue weighted by Crippen LogP contribution is -2.23. The number of ether oxygens (including phenoxy) is 1. The largest absolute Gasteiger partial charge is 0.496 e. The molecular formula is C15H13BrFNO2. The van der Waals surface area contributed by atoms with Crippen molar-refractivity contribution >= 4 is 21.8 Å². The fraction of sp³-hybridized carbons (Fsp3) is 0.133. The summed E-state index contributed by atoms with van der Waals surface area (Å²) in [6.07, 6.45) is 0. The normalized spacial score (nSPS) is 10.2. The predicted molar refractivity (Wildman–Crippen MR) is 78.3 cm³/mol. The summed E-state index contributed by atoms with van der Waals surface area (Å²) in [7, 11) is 1.57. The van der Waals surface area contributed by atoms with Gasteiger partial charge < -0.3 is 10.1 Å². The zero-order valence-electron chi connectivity index (χ0n) is 10.8. The van der Waals surface area contributed by atoms with E-state index in [1.165, 1.54) is 12.1 Å². The van der Waals surface area contributed by atoms with Gasteiger partial charge in [-0.25, -0.2) is 4.39 Å². The average molecular weight is 338 g/mol. The number of hydrogen-bond donors (Lipinski definition) is 1. The minimum absolute atomic E-state index is 0.270. The molecule has 0 aliphatic rings. The number of methoxy groups -OCH3 is 1. The third kappa shape index (κ3) is 3.57. The van der Waals surface area contributed by atoms with Crippen LogP contribution in [-0.4, -0.2) is 13.0 Å². The highest BCUT2D eigenvalue weighted by Crippen LogP contribution is 2.18. The van der Waals surface area contributed by atoms with Crippen molar-refractivity contribution in [1.29, 1.82) is 0 Å². The summed E-state index contributed by atoms with van der Waals surface area (Å²) in [5, 5.41) is 2.74. The number of carbonyl (C=O) groups is 1. The van der Waals surface area contributed by atoms with Gasteiger partial charge in [-0.15, -0.1) is 0 Å². The van der Waals surface area contributed by atoms with Gasteiger partial charge in [-0.2, -0.15) is 0 Å². The lowest BCUT2D eigenvalue weighted by Gasteiger charge is -2.09. The molecule has 20 heavy (non-hydrogen) atoms. The molecule has 1 N–H and O–H groups in total. The lowest BCUT2D eigenvalue weighted by atomic mass is 10.1. The van der Waals surface area contributed by atoms with Crippen LogP contribution in [0.15, 0.2) is 46.9 Å². The monoisotopic (exact) mass is 337 g/mol. The Bertz CT molecular complexity index is 611. The smallest absolute Gasteiger partial charge is 0.251 e. The highest BCUT2D eigenvalue weighted by atomic mass is 79.9. The average Bonchev–Trinajstić information content (AvgIpc) is 2.44. The van der Waals surface area contributed by atoms with Gasteiger partial charge in [0.05, 0.1) is 7.11 Å². The van der Waals surface area contributed by atoms with Crippen molar-refractivity contribution < 1.29 is 13.9 Å². The van der Waals surface area contributed by atoms with Crippen LogP contribution in [0.4, 0.5) is 4.39 Å². The Hall–Kier alpha value is -1.88. The van der Waals surface area contributed by atoms with E-state index in [1.807, 2.05) is 24.3 Å². The third-order valence-electron chi connectivity index (χ3n) is 2.76. The molecule has 0 unspecified atom stereocenters. The van der Waals surface area contributed by atoms with E-state index in [0.29, 0.717) is 16.8 Å². The SMILES string of the molecule is COc1ccccc1CNC(=O)c1cc(F)cc(Br)c1. The molecule has 0 spiro atoms. The molecule has 3 nitrogen and oxygen atoms in total. The van der Waals surface area contributed by atoms with Crippen LogP contribution >= 0.6 is 15.9 Å². The molecule has 0 atom stereocenters. The van der Waals surface area contributed by atoms with E-state index in [0.717, 1.165) is 5.56 Å². The second-order valence-electron chi connectivity index (χ2n) is 4.15. The van der Waals surface area contributed by atoms with Crippen molar-refractivity contribution in [2.24, 2.45) is 0 Å². The molecule has 0 aromatic heterocycles. The topological polar surface area (TPSA) is 38.3 Å². The van der Waals surface area contributed by atoms with Crippen LogP contribution in [0.3, 0.4) is 0 Å². The van der Waals surface area contributed by atoms with Gasteiger partial charge in [-0.1, -0.05) is 34.1 Å². The second kappa shape index (κ2) is 6.52. The van der Waals surface area contributed by atoms with Crippen molar-refractivity contribution in [2.75, 3.05) is 7.11 Å². The van der Waals surface area contributed by atoms with E-state index in [9.17, 15) is 9.18 Å². The molecule has 0 bridgehead atoms. The minimum atomic E-state index is -0.457. The number of halogens is 2. The molecule has 1 amide bonds. The van der Waals surface area contributed by atoms with Gasteiger partial charge in [0.15, 0.2) is 0 Å². The van der Waals surface area contributed by atoms with E-state index < -0.39 is 5.82 Å². The van der Waals surface area contributed by atoms with Crippen LogP contribution < -0.4 is 10.1 Å². The van der Waals surface area contributed by atoms with Gasteiger partial charge in [0.1, 0.15) is 11.6 Å². The number of rotatable bonds is 4. The molecule has 2 aromatic rings. The maximum Gasteiger partial charge on any atom is 0.251 e. The van der Waals surface area contributed by atoms with Gasteiger partial charge in [-0.05, 0) is 24.3 Å². The van der Waals surface area contributed by atoms with E-state index in [2.05, 4.69) is 21.2 Å². The summed E-state index contributed by atoms with van der Waals surface area (Å²) >= 11 is 3.16. The van der Waals surface area contributed by atoms with E-state index >= 15 is 0 Å². The maximum absolute atomic E-state index is 13.2. The zero-order chi connectivity index (χ0) is 14.5. The van der Waals surface area contributed by atoms with Crippen molar-refractivity contribution in [3.8, 4) is 5.75 Å². The summed E-state index contributed by atoms with van der Waals surface area (Å²) in [5.41, 5.74) is 1.13. The van der Waals surface area contributed by atoms with Gasteiger partial charge in [-0.3, -0.25) is 4.79 Å². The van der Waals surface area contributed by atoms with E-state index in [-0.39, 0.29) is 11.5 Å². The Kier molecular flexibility index (Phi) is 4.74. The quantitative estimate of drug-likeness (QED) is 0.926. The summed E-state index contributed by atoms with van der Waals surface area (Å²) in [6, 6.07) is 11.5. The summed E-state index contributed by atoms with van der Waals surface area (Å²) in [4.78, 5) is 12.0. The standard InChI is InChI=1S/C15H13BrFNO2/c1-20-14-5-3-2-4-10(14)9-18-15(19)11-6-12(16)8-13(17)7-11/h2-8H,9H2,1H3,(H,18,19). The number of carbonyl (C=O) groups excluding carboxylic acids is 1. The Morgan fingerprint density at radius 1 is 1.30 bits per heavy atom. The number of amides is 1. The number of nitrogens with one attached hydrogen (secondary N) is 1. The first kappa shape index (κ1) is 14.5. The molecule has 2 aromatic carbocycles. The van der Waals surface area contributed by atoms with Crippen LogP contribution in [-0.2, 0) is 6.54 Å². The summed E-state index contributed by atoms with van der Waals surface area (Å²) < 4.78 is 19.0. The summed E-state index contributed by atoms with van der Waals surface area (Å²) in [6.45, 7) is 0.316. The molecule has 0 fully saturated rings. The molecule has 0 heterocycles. The van der Waals surface area contributed by atoms with E-state index in [4.69, 9.17) is 4.74 Å². The molecule has 104 valence electrons. The van der Waals surface area contributed by atoms with Crippen LogP contribution in [0.5, 0.6) is 5.75 Å². The van der Waals surface area contributed by atoms with Gasteiger partial charge in [0.2, 0.25) is 0 Å². The number of para-hydroxylation sites is 1. The molecule has 0 saturated heterocycles. The molecule has 2 rings (SSSR count). The molecule has 0 radical (unpaired) electrons. The van der Waals surface area contributed by atoms with Crippen molar-refractivity contribution in [3.05, 3.63) is 63.9 Å². The summed E-state index contributed by atoms with van der Waals surface area (Å²) in [5.74, 6) is -0.0915. The first-order chi connectivity index (χ1) is 9.60. The van der Waals surface area contributed by atoms with Gasteiger partial charge >= 0.3 is 0 Å². The highest BCUT2D eigenvalue weighted by Gasteiger charge is 2.09. The Labute approximate surface area is 124 Å². The minimum Gasteiger partial charge on any atom is -0.496 e. The molecule has 0 aliphatic carbocycles. The van der Waals surface area contributed by atoms with Crippen molar-refractivity contribution in [2.45, 2.75) is 6.54 Å². The fourth-order valence-electron chi connectivity index (χ4n) is 1.81. The first-order valence-corrected chi connectivity index (χ1v) is 6.75. The Morgan fingerprint density at radius 2 is 2.05 bits per heavy atom. The van der Waals surface area contributed by atoms with Crippen LogP contribution in [0.25, 0.3) is 0 Å². The highest BCUT2D eigenvalue weighted by molar-refractivity contribution is 9.10. The molecule has 0 saturated carbocycles. The lowest BCUT2D eigenvalue weighted by molar-refractivity contribution is 0.0950. The second-order valence-corrected chi connectivity index (χ2v) is 5.07. The maximum atomic E-state index is 13.2. The Morgan fingerprint density at radius 3 is 2.75 bits per heavy atom. The van der Waals surface area contributed by atoms with Crippen LogP contribution in [0.1, 0.15) is 15.9 Å². The van der Waals surface area contributed by atoms with Gasteiger partial charge in [0, 0.05) is 22.1 Å². The molecular weight excluding hydrogens is 325 g/mol. The number of hydrogen-bond acceptors (Lipinski definition) is 2. The van der Waals surface area contributed by atoms with E-state index in [1.54, 1.807) is 13.2 Å². The Balaban J connectivity index is 2.08. The molecule has 5 heteroatoms. The molecule has 0 aliphatic heterocycles. The third-order valence-corrected chi connectivity index (χ3v) is 3.21. The van der Waals surface area contributed by atoms with Gasteiger partial charge in [0.25, 0.3) is 5.91 Å². The first-order valence-electron chi connectivity index (χ1n) is 5.96. The van der Waals surface area contributed by atoms with Crippen molar-refractivity contribution in [1.82, 2.24) is 5.32 Å². The van der Waals surface area contributed by atoms with Crippen molar-refractivity contribution in [3.63, 3.8) is 0 Å². The fourth-order valence-corrected chi connectivity index (χ4v) is 2.28. The van der Waals surface area contributed by atoms with Crippen LogP contribution in [0.2, 0.25) is 0 Å². The van der Waals surface area contributed by atoms with Crippen LogP contribution in [0, 0.1) is 5.82 Å². The zero-order valence-corrected chi connectivity index (χ0v) is 12.4. The number of benzene rings is 2.